The van der Waals surface area contributed by atoms with E-state index in [2.05, 4.69) is 56.7 Å². The maximum absolute atomic E-state index is 5.93. The second-order valence-electron chi connectivity index (χ2n) is 5.96. The van der Waals surface area contributed by atoms with Crippen LogP contribution in [-0.2, 0) is 13.0 Å². The number of likely N-dealkylation sites (N-methyl/N-ethyl adjacent to an activating group) is 1. The van der Waals surface area contributed by atoms with Crippen LogP contribution >= 0.6 is 0 Å². The van der Waals surface area contributed by atoms with Crippen molar-refractivity contribution in [2.45, 2.75) is 46.7 Å². The van der Waals surface area contributed by atoms with E-state index >= 15 is 0 Å². The highest BCUT2D eigenvalue weighted by molar-refractivity contribution is 5.45. The lowest BCUT2D eigenvalue weighted by Gasteiger charge is -2.33. The first-order valence-corrected chi connectivity index (χ1v) is 8.31. The van der Waals surface area contributed by atoms with Gasteiger partial charge in [-0.3, -0.25) is 9.80 Å². The summed E-state index contributed by atoms with van der Waals surface area (Å²) >= 11 is 0. The molecule has 0 saturated heterocycles. The molecule has 0 N–H and O–H groups in total. The van der Waals surface area contributed by atoms with Crippen molar-refractivity contribution in [3.63, 3.8) is 0 Å². The predicted octanol–water partition coefficient (Wildman–Crippen LogP) is 3.48. The van der Waals surface area contributed by atoms with Gasteiger partial charge >= 0.3 is 0 Å². The van der Waals surface area contributed by atoms with Crippen LogP contribution < -0.4 is 4.74 Å². The summed E-state index contributed by atoms with van der Waals surface area (Å²) in [6, 6.07) is 5.16. The molecule has 21 heavy (non-hydrogen) atoms. The fraction of sp³-hybridized carbons (Fsp3) is 0.667. The van der Waals surface area contributed by atoms with Crippen molar-refractivity contribution in [3.05, 3.63) is 28.8 Å². The Hall–Kier alpha value is -1.06. The summed E-state index contributed by atoms with van der Waals surface area (Å²) in [6.07, 6.45) is 1.15. The summed E-state index contributed by atoms with van der Waals surface area (Å²) < 4.78 is 5.93. The smallest absolute Gasteiger partial charge is 0.124 e. The fourth-order valence-electron chi connectivity index (χ4n) is 3.13. The first-order chi connectivity index (χ1) is 10.1. The minimum atomic E-state index is 0.482. The van der Waals surface area contributed by atoms with Crippen LogP contribution in [0.5, 0.6) is 5.75 Å². The Morgan fingerprint density at radius 1 is 1.24 bits per heavy atom. The number of nitrogens with zero attached hydrogens (tertiary/aromatic N) is 2. The quantitative estimate of drug-likeness (QED) is 0.798. The van der Waals surface area contributed by atoms with E-state index in [0.717, 1.165) is 45.0 Å². The van der Waals surface area contributed by atoms with E-state index < -0.39 is 0 Å². The number of benzene rings is 1. The Morgan fingerprint density at radius 2 is 1.95 bits per heavy atom. The van der Waals surface area contributed by atoms with Crippen molar-refractivity contribution in [2.75, 3.05) is 33.3 Å². The Labute approximate surface area is 129 Å². The lowest BCUT2D eigenvalue weighted by atomic mass is 9.91. The molecule has 1 aromatic rings. The van der Waals surface area contributed by atoms with Crippen LogP contribution in [-0.4, -0.2) is 43.1 Å². The number of rotatable bonds is 6. The van der Waals surface area contributed by atoms with Gasteiger partial charge in [0, 0.05) is 24.7 Å². The van der Waals surface area contributed by atoms with Crippen LogP contribution in [0.1, 0.15) is 50.4 Å². The zero-order valence-corrected chi connectivity index (χ0v) is 14.3. The molecule has 0 fully saturated rings. The molecule has 2 rings (SSSR count). The summed E-state index contributed by atoms with van der Waals surface area (Å²) in [5.74, 6) is 1.07. The standard InChI is InChI=1S/C18H30N2O/c1-6-20(7-2)13-16-11-15-9-10-19(5)14(4)17(15)12-18(16)21-8-3/h11-12,14H,6-10,13H2,1-5H3. The Kier molecular flexibility index (Phi) is 5.65. The van der Waals surface area contributed by atoms with Gasteiger partial charge in [0.2, 0.25) is 0 Å². The maximum Gasteiger partial charge on any atom is 0.124 e. The van der Waals surface area contributed by atoms with Gasteiger partial charge in [-0.2, -0.15) is 0 Å². The fourth-order valence-corrected chi connectivity index (χ4v) is 3.13. The molecule has 1 aromatic carbocycles. The number of ether oxygens (including phenoxy) is 1. The molecule has 0 bridgehead atoms. The van der Waals surface area contributed by atoms with Crippen molar-refractivity contribution < 1.29 is 4.74 Å². The monoisotopic (exact) mass is 290 g/mol. The Bertz CT molecular complexity index is 469. The molecule has 1 aliphatic heterocycles. The first-order valence-electron chi connectivity index (χ1n) is 8.31. The van der Waals surface area contributed by atoms with Crippen molar-refractivity contribution >= 4 is 0 Å². The molecule has 0 spiro atoms. The first kappa shape index (κ1) is 16.3. The molecule has 1 atom stereocenters. The summed E-state index contributed by atoms with van der Waals surface area (Å²) in [5.41, 5.74) is 4.29. The Balaban J connectivity index is 2.36. The van der Waals surface area contributed by atoms with Gasteiger partial charge in [-0.05, 0) is 57.6 Å². The molecule has 1 heterocycles. The Morgan fingerprint density at radius 3 is 2.57 bits per heavy atom. The highest BCUT2D eigenvalue weighted by atomic mass is 16.5. The van der Waals surface area contributed by atoms with E-state index in [0.29, 0.717) is 6.04 Å². The van der Waals surface area contributed by atoms with Gasteiger partial charge in [0.15, 0.2) is 0 Å². The molecule has 0 amide bonds. The van der Waals surface area contributed by atoms with Gasteiger partial charge in [0.1, 0.15) is 5.75 Å². The van der Waals surface area contributed by atoms with Gasteiger partial charge in [-0.15, -0.1) is 0 Å². The van der Waals surface area contributed by atoms with E-state index in [1.807, 2.05) is 0 Å². The van der Waals surface area contributed by atoms with Crippen molar-refractivity contribution in [2.24, 2.45) is 0 Å². The van der Waals surface area contributed by atoms with E-state index in [-0.39, 0.29) is 0 Å². The average Bonchev–Trinajstić information content (AvgIpc) is 2.49. The normalized spacial score (nSPS) is 18.9. The summed E-state index contributed by atoms with van der Waals surface area (Å²) in [7, 11) is 2.21. The van der Waals surface area contributed by atoms with E-state index in [1.165, 1.54) is 16.7 Å². The summed E-state index contributed by atoms with van der Waals surface area (Å²) in [6.45, 7) is 13.8. The molecule has 0 saturated carbocycles. The summed E-state index contributed by atoms with van der Waals surface area (Å²) in [5, 5.41) is 0. The highest BCUT2D eigenvalue weighted by Crippen LogP contribution is 2.34. The zero-order valence-electron chi connectivity index (χ0n) is 14.3. The number of hydrogen-bond donors (Lipinski definition) is 0. The van der Waals surface area contributed by atoms with E-state index in [4.69, 9.17) is 4.74 Å². The minimum Gasteiger partial charge on any atom is -0.494 e. The van der Waals surface area contributed by atoms with Crippen LogP contribution in [0.4, 0.5) is 0 Å². The SMILES string of the molecule is CCOc1cc2c(cc1CN(CC)CC)CCN(C)C2C. The lowest BCUT2D eigenvalue weighted by Crippen LogP contribution is -2.31. The lowest BCUT2D eigenvalue weighted by molar-refractivity contribution is 0.244. The van der Waals surface area contributed by atoms with Crippen molar-refractivity contribution in [1.82, 2.24) is 9.80 Å². The molecule has 3 heteroatoms. The molecule has 0 aromatic heterocycles. The molecule has 1 aliphatic rings. The molecule has 1 unspecified atom stereocenters. The molecule has 0 radical (unpaired) electrons. The molecule has 3 nitrogen and oxygen atoms in total. The van der Waals surface area contributed by atoms with Gasteiger partial charge < -0.3 is 4.74 Å². The third-order valence-electron chi connectivity index (χ3n) is 4.76. The van der Waals surface area contributed by atoms with Crippen molar-refractivity contribution in [1.29, 1.82) is 0 Å². The van der Waals surface area contributed by atoms with Crippen LogP contribution in [0.2, 0.25) is 0 Å². The van der Waals surface area contributed by atoms with Gasteiger partial charge in [-0.1, -0.05) is 19.9 Å². The average molecular weight is 290 g/mol. The number of hydrogen-bond acceptors (Lipinski definition) is 3. The second-order valence-corrected chi connectivity index (χ2v) is 5.96. The van der Waals surface area contributed by atoms with Crippen LogP contribution in [0.25, 0.3) is 0 Å². The summed E-state index contributed by atoms with van der Waals surface area (Å²) in [4.78, 5) is 4.87. The van der Waals surface area contributed by atoms with Crippen LogP contribution in [0.3, 0.4) is 0 Å². The largest absolute Gasteiger partial charge is 0.494 e. The van der Waals surface area contributed by atoms with Crippen LogP contribution in [0.15, 0.2) is 12.1 Å². The van der Waals surface area contributed by atoms with Crippen LogP contribution in [0, 0.1) is 0 Å². The maximum atomic E-state index is 5.93. The topological polar surface area (TPSA) is 15.7 Å². The van der Waals surface area contributed by atoms with Crippen molar-refractivity contribution in [3.8, 4) is 5.75 Å². The molecule has 118 valence electrons. The molecular formula is C18H30N2O. The third-order valence-corrected chi connectivity index (χ3v) is 4.76. The van der Waals surface area contributed by atoms with E-state index in [9.17, 15) is 0 Å². The third kappa shape index (κ3) is 3.58. The second kappa shape index (κ2) is 7.28. The van der Waals surface area contributed by atoms with Gasteiger partial charge in [0.05, 0.1) is 6.61 Å². The zero-order chi connectivity index (χ0) is 15.4. The van der Waals surface area contributed by atoms with E-state index in [1.54, 1.807) is 0 Å². The molecular weight excluding hydrogens is 260 g/mol. The number of fused-ring (bicyclic) bond motifs is 1. The highest BCUT2D eigenvalue weighted by Gasteiger charge is 2.23. The minimum absolute atomic E-state index is 0.482. The molecule has 0 aliphatic carbocycles. The van der Waals surface area contributed by atoms with Gasteiger partial charge in [-0.25, -0.2) is 0 Å². The predicted molar refractivity (Wildman–Crippen MR) is 89.0 cm³/mol. The van der Waals surface area contributed by atoms with Gasteiger partial charge in [0.25, 0.3) is 0 Å².